The summed E-state index contributed by atoms with van der Waals surface area (Å²) in [7, 11) is 0. The van der Waals surface area contributed by atoms with Crippen molar-refractivity contribution >= 4 is 46.5 Å². The molecule has 0 fully saturated rings. The standard InChI is InChI=1S/C8H6Cl2N4O4/c9-8(10)4-11-12-6-2-1-5(13(15)16)3-7(6)14(17)18/h1-4,8,12H. The summed E-state index contributed by atoms with van der Waals surface area (Å²) in [6.45, 7) is 0. The first kappa shape index (κ1) is 14.1. The first-order chi connectivity index (χ1) is 8.41. The summed E-state index contributed by atoms with van der Waals surface area (Å²) >= 11 is 10.7. The number of nitrogens with zero attached hydrogens (tertiary/aromatic N) is 3. The molecular formula is C8H6Cl2N4O4. The molecular weight excluding hydrogens is 287 g/mol. The van der Waals surface area contributed by atoms with E-state index in [-0.39, 0.29) is 11.4 Å². The zero-order chi connectivity index (χ0) is 13.7. The van der Waals surface area contributed by atoms with Gasteiger partial charge in [-0.15, -0.1) is 0 Å². The third-order valence-corrected chi connectivity index (χ3v) is 1.99. The summed E-state index contributed by atoms with van der Waals surface area (Å²) in [5, 5.41) is 24.8. The maximum absolute atomic E-state index is 10.7. The molecule has 0 saturated carbocycles. The van der Waals surface area contributed by atoms with E-state index in [0.717, 1.165) is 18.3 Å². The van der Waals surface area contributed by atoms with Crippen molar-refractivity contribution < 1.29 is 9.85 Å². The third-order valence-electron chi connectivity index (χ3n) is 1.76. The Kier molecular flexibility index (Phi) is 4.81. The maximum Gasteiger partial charge on any atom is 0.301 e. The van der Waals surface area contributed by atoms with E-state index >= 15 is 0 Å². The van der Waals surface area contributed by atoms with Crippen LogP contribution >= 0.6 is 23.2 Å². The first-order valence-corrected chi connectivity index (χ1v) is 5.29. The predicted octanol–water partition coefficient (Wildman–Crippen LogP) is 2.70. The van der Waals surface area contributed by atoms with Crippen LogP contribution in [0.4, 0.5) is 17.1 Å². The zero-order valence-electron chi connectivity index (χ0n) is 8.62. The van der Waals surface area contributed by atoms with Gasteiger partial charge < -0.3 is 0 Å². The van der Waals surface area contributed by atoms with Crippen LogP contribution in [0.3, 0.4) is 0 Å². The predicted molar refractivity (Wildman–Crippen MR) is 67.4 cm³/mol. The molecule has 0 aliphatic heterocycles. The van der Waals surface area contributed by atoms with Gasteiger partial charge >= 0.3 is 5.69 Å². The second kappa shape index (κ2) is 6.12. The Morgan fingerprint density at radius 1 is 1.28 bits per heavy atom. The Labute approximate surface area is 110 Å². The molecule has 0 saturated heterocycles. The van der Waals surface area contributed by atoms with E-state index < -0.39 is 20.4 Å². The summed E-state index contributed by atoms with van der Waals surface area (Å²) in [6, 6.07) is 3.12. The molecule has 0 aliphatic carbocycles. The highest BCUT2D eigenvalue weighted by atomic mass is 35.5. The van der Waals surface area contributed by atoms with Crippen LogP contribution in [-0.2, 0) is 0 Å². The number of rotatable bonds is 5. The van der Waals surface area contributed by atoms with Gasteiger partial charge in [-0.1, -0.05) is 23.2 Å². The van der Waals surface area contributed by atoms with E-state index in [2.05, 4.69) is 10.5 Å². The van der Waals surface area contributed by atoms with Gasteiger partial charge in [-0.25, -0.2) is 0 Å². The number of nitro benzene ring substituents is 2. The molecule has 0 aliphatic rings. The number of nitro groups is 2. The largest absolute Gasteiger partial charge is 0.301 e. The molecule has 10 heteroatoms. The highest BCUT2D eigenvalue weighted by molar-refractivity contribution is 6.51. The number of nitrogens with one attached hydrogen (secondary N) is 1. The van der Waals surface area contributed by atoms with Gasteiger partial charge in [0.15, 0.2) is 0 Å². The SMILES string of the molecule is O=[N+]([O-])c1ccc(NN=CC(Cl)Cl)c([N+](=O)[O-])c1. The molecule has 0 heterocycles. The van der Waals surface area contributed by atoms with Gasteiger partial charge in [-0.3, -0.25) is 25.7 Å². The normalized spacial score (nSPS) is 10.8. The minimum Gasteiger partial charge on any atom is -0.272 e. The summed E-state index contributed by atoms with van der Waals surface area (Å²) in [6.07, 6.45) is 1.11. The first-order valence-electron chi connectivity index (χ1n) is 4.42. The average molecular weight is 293 g/mol. The molecule has 0 amide bonds. The van der Waals surface area contributed by atoms with Crippen molar-refractivity contribution in [3.8, 4) is 0 Å². The van der Waals surface area contributed by atoms with Crippen LogP contribution in [0.2, 0.25) is 0 Å². The minimum atomic E-state index is -0.866. The Hall–Kier alpha value is -1.93. The fraction of sp³-hybridized carbons (Fsp3) is 0.125. The van der Waals surface area contributed by atoms with E-state index in [1.54, 1.807) is 0 Å². The lowest BCUT2D eigenvalue weighted by Crippen LogP contribution is -1.99. The number of hydrogen-bond donors (Lipinski definition) is 1. The Bertz CT molecular complexity index is 506. The molecule has 1 N–H and O–H groups in total. The summed E-state index contributed by atoms with van der Waals surface area (Å²) < 4.78 is 0. The molecule has 1 aromatic rings. The highest BCUT2D eigenvalue weighted by Crippen LogP contribution is 2.28. The molecule has 0 aromatic heterocycles. The lowest BCUT2D eigenvalue weighted by molar-refractivity contribution is -0.393. The molecule has 0 atom stereocenters. The van der Waals surface area contributed by atoms with Crippen LogP contribution in [0.1, 0.15) is 0 Å². The van der Waals surface area contributed by atoms with E-state index in [0.29, 0.717) is 0 Å². The van der Waals surface area contributed by atoms with Crippen molar-refractivity contribution in [1.82, 2.24) is 0 Å². The number of anilines is 1. The Morgan fingerprint density at radius 2 is 1.94 bits per heavy atom. The fourth-order valence-electron chi connectivity index (χ4n) is 1.04. The van der Waals surface area contributed by atoms with Gasteiger partial charge in [0, 0.05) is 6.07 Å². The summed E-state index contributed by atoms with van der Waals surface area (Å²) in [4.78, 5) is 18.9. The van der Waals surface area contributed by atoms with E-state index in [4.69, 9.17) is 23.2 Å². The van der Waals surface area contributed by atoms with Crippen LogP contribution in [0.25, 0.3) is 0 Å². The van der Waals surface area contributed by atoms with Crippen LogP contribution in [0, 0.1) is 20.2 Å². The summed E-state index contributed by atoms with van der Waals surface area (Å²) in [5.41, 5.74) is 1.47. The number of hydrogen-bond acceptors (Lipinski definition) is 6. The Morgan fingerprint density at radius 3 is 2.44 bits per heavy atom. The van der Waals surface area contributed by atoms with Crippen LogP contribution in [0.5, 0.6) is 0 Å². The number of non-ortho nitro benzene ring substituents is 1. The van der Waals surface area contributed by atoms with Crippen molar-refractivity contribution in [2.45, 2.75) is 4.84 Å². The van der Waals surface area contributed by atoms with Crippen molar-refractivity contribution in [3.63, 3.8) is 0 Å². The van der Waals surface area contributed by atoms with Crippen molar-refractivity contribution in [3.05, 3.63) is 38.4 Å². The molecule has 96 valence electrons. The number of benzene rings is 1. The van der Waals surface area contributed by atoms with E-state index in [1.165, 1.54) is 6.07 Å². The van der Waals surface area contributed by atoms with Crippen molar-refractivity contribution in [1.29, 1.82) is 0 Å². The van der Waals surface area contributed by atoms with Gasteiger partial charge in [0.25, 0.3) is 5.69 Å². The quantitative estimate of drug-likeness (QED) is 0.388. The Balaban J connectivity index is 3.04. The third kappa shape index (κ3) is 3.82. The van der Waals surface area contributed by atoms with Crippen LogP contribution < -0.4 is 5.43 Å². The molecule has 0 unspecified atom stereocenters. The number of halogens is 2. The number of hydrazone groups is 1. The maximum atomic E-state index is 10.7. The second-order valence-electron chi connectivity index (χ2n) is 2.94. The van der Waals surface area contributed by atoms with Gasteiger partial charge in [-0.05, 0) is 6.07 Å². The molecule has 18 heavy (non-hydrogen) atoms. The molecule has 0 radical (unpaired) electrons. The number of alkyl halides is 2. The minimum absolute atomic E-state index is 0.00386. The smallest absolute Gasteiger partial charge is 0.272 e. The molecule has 0 spiro atoms. The monoisotopic (exact) mass is 292 g/mol. The van der Waals surface area contributed by atoms with Gasteiger partial charge in [0.2, 0.25) is 0 Å². The van der Waals surface area contributed by atoms with Crippen molar-refractivity contribution in [2.75, 3.05) is 5.43 Å². The lowest BCUT2D eigenvalue weighted by Gasteiger charge is -2.01. The zero-order valence-corrected chi connectivity index (χ0v) is 10.1. The second-order valence-corrected chi connectivity index (χ2v) is 4.10. The topological polar surface area (TPSA) is 111 Å². The van der Waals surface area contributed by atoms with E-state index in [9.17, 15) is 20.2 Å². The average Bonchev–Trinajstić information content (AvgIpc) is 2.28. The van der Waals surface area contributed by atoms with Gasteiger partial charge in [-0.2, -0.15) is 5.10 Å². The molecule has 1 rings (SSSR count). The van der Waals surface area contributed by atoms with Gasteiger partial charge in [0.1, 0.15) is 10.5 Å². The highest BCUT2D eigenvalue weighted by Gasteiger charge is 2.18. The fourth-order valence-corrected chi connectivity index (χ4v) is 1.16. The molecule has 1 aromatic carbocycles. The van der Waals surface area contributed by atoms with Gasteiger partial charge in [0.05, 0.1) is 22.1 Å². The lowest BCUT2D eigenvalue weighted by atomic mass is 10.2. The summed E-state index contributed by atoms with van der Waals surface area (Å²) in [5.74, 6) is 0. The van der Waals surface area contributed by atoms with Crippen molar-refractivity contribution in [2.24, 2.45) is 5.10 Å². The molecule has 0 bridgehead atoms. The van der Waals surface area contributed by atoms with Crippen LogP contribution in [0.15, 0.2) is 23.3 Å². The van der Waals surface area contributed by atoms with Crippen LogP contribution in [-0.4, -0.2) is 20.9 Å². The molecule has 8 nitrogen and oxygen atoms in total. The van der Waals surface area contributed by atoms with E-state index in [1.807, 2.05) is 0 Å².